The predicted octanol–water partition coefficient (Wildman–Crippen LogP) is 2.43. The second-order valence-corrected chi connectivity index (χ2v) is 5.95. The topological polar surface area (TPSA) is 66.4 Å². The molecule has 0 saturated heterocycles. The minimum Gasteiger partial charge on any atom is -0.481 e. The summed E-state index contributed by atoms with van der Waals surface area (Å²) in [6.45, 7) is 0. The van der Waals surface area contributed by atoms with Gasteiger partial charge in [0.25, 0.3) is 0 Å². The van der Waals surface area contributed by atoms with Gasteiger partial charge in [0.2, 0.25) is 5.91 Å². The SMILES string of the molecule is O=C(O)[C@@H]1CC[C@H](C(=O)N[C@@H]2CCc3c(F)cccc32)C1. The number of amides is 1. The van der Waals surface area contributed by atoms with Crippen LogP contribution in [0.5, 0.6) is 0 Å². The van der Waals surface area contributed by atoms with Crippen molar-refractivity contribution in [3.63, 3.8) is 0 Å². The number of fused-ring (bicyclic) bond motifs is 1. The van der Waals surface area contributed by atoms with Crippen molar-refractivity contribution in [3.8, 4) is 0 Å². The molecule has 0 aliphatic heterocycles. The quantitative estimate of drug-likeness (QED) is 0.899. The molecule has 0 spiro atoms. The first-order chi connectivity index (χ1) is 10.1. The number of carboxylic acid groups (broad SMARTS) is 1. The maximum absolute atomic E-state index is 13.7. The highest BCUT2D eigenvalue weighted by molar-refractivity contribution is 5.81. The summed E-state index contributed by atoms with van der Waals surface area (Å²) in [4.78, 5) is 23.2. The van der Waals surface area contributed by atoms with Gasteiger partial charge in [0.05, 0.1) is 12.0 Å². The fourth-order valence-corrected chi connectivity index (χ4v) is 3.49. The molecule has 0 aromatic heterocycles. The van der Waals surface area contributed by atoms with Gasteiger partial charge in [-0.15, -0.1) is 0 Å². The van der Waals surface area contributed by atoms with E-state index in [-0.39, 0.29) is 23.7 Å². The molecule has 1 fully saturated rings. The van der Waals surface area contributed by atoms with Gasteiger partial charge >= 0.3 is 5.97 Å². The van der Waals surface area contributed by atoms with Crippen molar-refractivity contribution in [1.29, 1.82) is 0 Å². The first-order valence-electron chi connectivity index (χ1n) is 7.36. The number of halogens is 1. The van der Waals surface area contributed by atoms with E-state index < -0.39 is 11.9 Å². The summed E-state index contributed by atoms with van der Waals surface area (Å²) in [6.07, 6.45) is 2.92. The Hall–Kier alpha value is -1.91. The molecule has 5 heteroatoms. The summed E-state index contributed by atoms with van der Waals surface area (Å²) in [5, 5.41) is 11.9. The molecule has 1 aromatic carbocycles. The Bertz CT molecular complexity index is 587. The minimum absolute atomic E-state index is 0.0964. The number of carboxylic acids is 1. The standard InChI is InChI=1S/C16H18FNO3/c17-13-3-1-2-12-11(13)6-7-14(12)18-15(19)9-4-5-10(8-9)16(20)21/h1-3,9-10,14H,4-8H2,(H,18,19)(H,20,21)/t9-,10+,14+/m0/s1. The van der Waals surface area contributed by atoms with Gasteiger partial charge in [0.1, 0.15) is 5.82 Å². The number of carbonyl (C=O) groups excluding carboxylic acids is 1. The third-order valence-electron chi connectivity index (χ3n) is 4.68. The molecule has 2 aliphatic rings. The highest BCUT2D eigenvalue weighted by Gasteiger charge is 2.35. The number of rotatable bonds is 3. The summed E-state index contributed by atoms with van der Waals surface area (Å²) in [7, 11) is 0. The lowest BCUT2D eigenvalue weighted by Crippen LogP contribution is -2.32. The van der Waals surface area contributed by atoms with Crippen LogP contribution >= 0.6 is 0 Å². The van der Waals surface area contributed by atoms with Crippen LogP contribution in [0.2, 0.25) is 0 Å². The van der Waals surface area contributed by atoms with E-state index >= 15 is 0 Å². The van der Waals surface area contributed by atoms with Gasteiger partial charge in [-0.2, -0.15) is 0 Å². The van der Waals surface area contributed by atoms with Gasteiger partial charge in [0, 0.05) is 5.92 Å². The summed E-state index contributed by atoms with van der Waals surface area (Å²) >= 11 is 0. The van der Waals surface area contributed by atoms with Crippen molar-refractivity contribution in [3.05, 3.63) is 35.1 Å². The highest BCUT2D eigenvalue weighted by atomic mass is 19.1. The van der Waals surface area contributed by atoms with Crippen LogP contribution in [0.4, 0.5) is 4.39 Å². The molecular formula is C16H18FNO3. The molecule has 1 saturated carbocycles. The van der Waals surface area contributed by atoms with E-state index in [2.05, 4.69) is 5.32 Å². The van der Waals surface area contributed by atoms with Gasteiger partial charge in [-0.25, -0.2) is 4.39 Å². The Kier molecular flexibility index (Phi) is 3.66. The molecule has 1 amide bonds. The number of hydrogen-bond acceptors (Lipinski definition) is 2. The molecule has 3 rings (SSSR count). The maximum atomic E-state index is 13.7. The fraction of sp³-hybridized carbons (Fsp3) is 0.500. The van der Waals surface area contributed by atoms with Crippen molar-refractivity contribution in [2.45, 2.75) is 38.1 Å². The lowest BCUT2D eigenvalue weighted by molar-refractivity contribution is -0.141. The van der Waals surface area contributed by atoms with Crippen LogP contribution in [-0.4, -0.2) is 17.0 Å². The molecule has 2 N–H and O–H groups in total. The van der Waals surface area contributed by atoms with E-state index in [0.29, 0.717) is 37.7 Å². The molecule has 112 valence electrons. The van der Waals surface area contributed by atoms with Crippen LogP contribution < -0.4 is 5.32 Å². The van der Waals surface area contributed by atoms with Crippen molar-refractivity contribution in [2.24, 2.45) is 11.8 Å². The minimum atomic E-state index is -0.821. The molecule has 2 aliphatic carbocycles. The Morgan fingerprint density at radius 1 is 1.19 bits per heavy atom. The number of benzene rings is 1. The Morgan fingerprint density at radius 2 is 1.95 bits per heavy atom. The monoisotopic (exact) mass is 291 g/mol. The summed E-state index contributed by atoms with van der Waals surface area (Å²) in [5.74, 6) is -1.77. The Morgan fingerprint density at radius 3 is 2.67 bits per heavy atom. The highest BCUT2D eigenvalue weighted by Crippen LogP contribution is 2.35. The summed E-state index contributed by atoms with van der Waals surface area (Å²) in [5.41, 5.74) is 1.55. The third kappa shape index (κ3) is 2.64. The Labute approximate surface area is 122 Å². The predicted molar refractivity (Wildman–Crippen MR) is 74.1 cm³/mol. The van der Waals surface area contributed by atoms with Crippen molar-refractivity contribution >= 4 is 11.9 Å². The lowest BCUT2D eigenvalue weighted by atomic mass is 10.0. The third-order valence-corrected chi connectivity index (χ3v) is 4.68. The van der Waals surface area contributed by atoms with Gasteiger partial charge in [-0.05, 0) is 49.3 Å². The molecule has 3 atom stereocenters. The van der Waals surface area contributed by atoms with Gasteiger partial charge in [0.15, 0.2) is 0 Å². The normalized spacial score (nSPS) is 27.4. The zero-order chi connectivity index (χ0) is 15.0. The van der Waals surface area contributed by atoms with Crippen molar-refractivity contribution < 1.29 is 19.1 Å². The summed E-state index contributed by atoms with van der Waals surface area (Å²) in [6, 6.07) is 4.81. The van der Waals surface area contributed by atoms with Gasteiger partial charge < -0.3 is 10.4 Å². The zero-order valence-corrected chi connectivity index (χ0v) is 11.6. The van der Waals surface area contributed by atoms with E-state index in [9.17, 15) is 14.0 Å². The fourth-order valence-electron chi connectivity index (χ4n) is 3.49. The van der Waals surface area contributed by atoms with Crippen molar-refractivity contribution in [2.75, 3.05) is 0 Å². The molecule has 21 heavy (non-hydrogen) atoms. The van der Waals surface area contributed by atoms with Crippen LogP contribution in [0.3, 0.4) is 0 Å². The number of carbonyl (C=O) groups is 2. The second-order valence-electron chi connectivity index (χ2n) is 5.95. The zero-order valence-electron chi connectivity index (χ0n) is 11.6. The first kappa shape index (κ1) is 14.0. The van der Waals surface area contributed by atoms with E-state index in [0.717, 1.165) is 5.56 Å². The van der Waals surface area contributed by atoms with E-state index in [4.69, 9.17) is 5.11 Å². The van der Waals surface area contributed by atoms with E-state index in [1.54, 1.807) is 6.07 Å². The Balaban J connectivity index is 1.65. The lowest BCUT2D eigenvalue weighted by Gasteiger charge is -2.17. The molecular weight excluding hydrogens is 273 g/mol. The van der Waals surface area contributed by atoms with Crippen LogP contribution in [0.15, 0.2) is 18.2 Å². The number of aliphatic carboxylic acids is 1. The largest absolute Gasteiger partial charge is 0.481 e. The molecule has 0 heterocycles. The van der Waals surface area contributed by atoms with E-state index in [1.807, 2.05) is 6.07 Å². The molecule has 1 aromatic rings. The summed E-state index contributed by atoms with van der Waals surface area (Å²) < 4.78 is 13.7. The van der Waals surface area contributed by atoms with Gasteiger partial charge in [-0.1, -0.05) is 12.1 Å². The number of nitrogens with one attached hydrogen (secondary N) is 1. The van der Waals surface area contributed by atoms with E-state index in [1.165, 1.54) is 6.07 Å². The average molecular weight is 291 g/mol. The van der Waals surface area contributed by atoms with Crippen LogP contribution in [-0.2, 0) is 16.0 Å². The molecule has 0 unspecified atom stereocenters. The second kappa shape index (κ2) is 5.47. The van der Waals surface area contributed by atoms with Gasteiger partial charge in [-0.3, -0.25) is 9.59 Å². The van der Waals surface area contributed by atoms with Crippen molar-refractivity contribution in [1.82, 2.24) is 5.32 Å². The first-order valence-corrected chi connectivity index (χ1v) is 7.36. The van der Waals surface area contributed by atoms with Crippen LogP contribution in [0.1, 0.15) is 42.9 Å². The average Bonchev–Trinajstić information content (AvgIpc) is 3.07. The smallest absolute Gasteiger partial charge is 0.306 e. The molecule has 0 radical (unpaired) electrons. The molecule has 0 bridgehead atoms. The van der Waals surface area contributed by atoms with Crippen LogP contribution in [0.25, 0.3) is 0 Å². The number of hydrogen-bond donors (Lipinski definition) is 2. The van der Waals surface area contributed by atoms with Crippen LogP contribution in [0, 0.1) is 17.7 Å². The molecule has 4 nitrogen and oxygen atoms in total. The maximum Gasteiger partial charge on any atom is 0.306 e.